The first-order valence-electron chi connectivity index (χ1n) is 7.71. The molecular formula is C20H13BrN2OS. The Balaban J connectivity index is 1.52. The van der Waals surface area contributed by atoms with Gasteiger partial charge in [-0.25, -0.2) is 0 Å². The Morgan fingerprint density at radius 3 is 2.52 bits per heavy atom. The highest BCUT2D eigenvalue weighted by Crippen LogP contribution is 2.29. The molecule has 0 fully saturated rings. The second-order valence-electron chi connectivity index (χ2n) is 5.36. The van der Waals surface area contributed by atoms with Crippen molar-refractivity contribution in [3.05, 3.63) is 82.0 Å². The van der Waals surface area contributed by atoms with Crippen LogP contribution in [0, 0.1) is 0 Å². The molecule has 0 radical (unpaired) electrons. The molecule has 0 aliphatic heterocycles. The second-order valence-corrected chi connectivity index (χ2v) is 7.39. The minimum Gasteiger partial charge on any atom is -0.417 e. The molecule has 0 spiro atoms. The van der Waals surface area contributed by atoms with Gasteiger partial charge in [-0.3, -0.25) is 0 Å². The van der Waals surface area contributed by atoms with Crippen LogP contribution in [0.15, 0.2) is 75.6 Å². The van der Waals surface area contributed by atoms with Gasteiger partial charge in [0.1, 0.15) is 0 Å². The summed E-state index contributed by atoms with van der Waals surface area (Å²) in [6.45, 7) is 0. The molecule has 4 aromatic rings. The number of hydrogen-bond acceptors (Lipinski definition) is 4. The minimum absolute atomic E-state index is 0.490. The molecule has 0 amide bonds. The van der Waals surface area contributed by atoms with E-state index in [0.29, 0.717) is 11.8 Å². The van der Waals surface area contributed by atoms with E-state index in [9.17, 15) is 0 Å². The maximum Gasteiger partial charge on any atom is 0.248 e. The molecule has 0 unspecified atom stereocenters. The van der Waals surface area contributed by atoms with Crippen molar-refractivity contribution < 1.29 is 4.42 Å². The average Bonchev–Trinajstić information content (AvgIpc) is 3.30. The van der Waals surface area contributed by atoms with Crippen LogP contribution in [-0.4, -0.2) is 10.2 Å². The largest absolute Gasteiger partial charge is 0.417 e. The van der Waals surface area contributed by atoms with Gasteiger partial charge < -0.3 is 4.42 Å². The number of aromatic nitrogens is 2. The Labute approximate surface area is 157 Å². The van der Waals surface area contributed by atoms with Crippen molar-refractivity contribution in [1.29, 1.82) is 0 Å². The standard InChI is InChI=1S/C20H13BrN2OS/c21-16-8-4-7-15(13-16)20-23-22-19(24-20)12-10-17-9-11-18(25-17)14-5-2-1-3-6-14/h1-13H/b12-10+. The van der Waals surface area contributed by atoms with Crippen molar-refractivity contribution >= 4 is 39.4 Å². The number of benzene rings is 2. The van der Waals surface area contributed by atoms with Gasteiger partial charge in [0.15, 0.2) is 0 Å². The van der Waals surface area contributed by atoms with E-state index in [0.717, 1.165) is 14.9 Å². The monoisotopic (exact) mass is 408 g/mol. The highest BCUT2D eigenvalue weighted by Gasteiger charge is 2.07. The molecule has 25 heavy (non-hydrogen) atoms. The van der Waals surface area contributed by atoms with E-state index in [1.165, 1.54) is 10.4 Å². The summed E-state index contributed by atoms with van der Waals surface area (Å²) < 4.78 is 6.69. The molecule has 0 N–H and O–H groups in total. The summed E-state index contributed by atoms with van der Waals surface area (Å²) in [6, 6.07) is 22.4. The van der Waals surface area contributed by atoms with Crippen LogP contribution in [0.25, 0.3) is 34.0 Å². The zero-order valence-corrected chi connectivity index (χ0v) is 15.5. The molecule has 0 saturated carbocycles. The molecule has 0 bridgehead atoms. The van der Waals surface area contributed by atoms with Gasteiger partial charge >= 0.3 is 0 Å². The molecule has 122 valence electrons. The maximum atomic E-state index is 5.71. The molecule has 4 rings (SSSR count). The summed E-state index contributed by atoms with van der Waals surface area (Å²) in [4.78, 5) is 2.38. The van der Waals surface area contributed by atoms with Crippen LogP contribution in [0.3, 0.4) is 0 Å². The summed E-state index contributed by atoms with van der Waals surface area (Å²) in [6.07, 6.45) is 3.84. The van der Waals surface area contributed by atoms with Crippen LogP contribution in [-0.2, 0) is 0 Å². The molecule has 3 nitrogen and oxygen atoms in total. The van der Waals surface area contributed by atoms with Crippen LogP contribution in [0.1, 0.15) is 10.8 Å². The molecular weight excluding hydrogens is 396 g/mol. The van der Waals surface area contributed by atoms with Gasteiger partial charge in [-0.05, 0) is 42.0 Å². The number of halogens is 1. The Morgan fingerprint density at radius 1 is 0.840 bits per heavy atom. The van der Waals surface area contributed by atoms with E-state index < -0.39 is 0 Å². The summed E-state index contributed by atoms with van der Waals surface area (Å²) in [5.74, 6) is 1.00. The Kier molecular flexibility index (Phi) is 4.59. The first kappa shape index (κ1) is 16.0. The van der Waals surface area contributed by atoms with Gasteiger partial charge in [-0.2, -0.15) is 0 Å². The van der Waals surface area contributed by atoms with Gasteiger partial charge in [0.25, 0.3) is 0 Å². The van der Waals surface area contributed by atoms with Gasteiger partial charge in [0.05, 0.1) is 0 Å². The lowest BCUT2D eigenvalue weighted by molar-refractivity contribution is 0.558. The molecule has 5 heteroatoms. The van der Waals surface area contributed by atoms with E-state index in [1.807, 2.05) is 54.6 Å². The Bertz CT molecular complexity index is 1020. The predicted octanol–water partition coefficient (Wildman–Crippen LogP) is 6.40. The molecule has 0 aliphatic rings. The third-order valence-electron chi connectivity index (χ3n) is 3.59. The summed E-state index contributed by atoms with van der Waals surface area (Å²) >= 11 is 5.17. The van der Waals surface area contributed by atoms with Crippen LogP contribution >= 0.6 is 27.3 Å². The highest BCUT2D eigenvalue weighted by molar-refractivity contribution is 9.10. The zero-order valence-electron chi connectivity index (χ0n) is 13.1. The summed E-state index contributed by atoms with van der Waals surface area (Å²) in [7, 11) is 0. The summed E-state index contributed by atoms with van der Waals surface area (Å²) in [5.41, 5.74) is 2.12. The highest BCUT2D eigenvalue weighted by atomic mass is 79.9. The van der Waals surface area contributed by atoms with Crippen molar-refractivity contribution in [3.63, 3.8) is 0 Å². The lowest BCUT2D eigenvalue weighted by Crippen LogP contribution is -1.76. The fourth-order valence-electron chi connectivity index (χ4n) is 2.39. The van der Waals surface area contributed by atoms with E-state index in [1.54, 1.807) is 11.3 Å². The molecule has 0 aliphatic carbocycles. The van der Waals surface area contributed by atoms with Crippen molar-refractivity contribution in [1.82, 2.24) is 10.2 Å². The van der Waals surface area contributed by atoms with Crippen molar-refractivity contribution in [2.24, 2.45) is 0 Å². The van der Waals surface area contributed by atoms with Crippen LogP contribution in [0.5, 0.6) is 0 Å². The fourth-order valence-corrected chi connectivity index (χ4v) is 3.71. The van der Waals surface area contributed by atoms with Crippen LogP contribution in [0.2, 0.25) is 0 Å². The lowest BCUT2D eigenvalue weighted by atomic mass is 10.2. The molecule has 0 saturated heterocycles. The topological polar surface area (TPSA) is 38.9 Å². The predicted molar refractivity (Wildman–Crippen MR) is 106 cm³/mol. The van der Waals surface area contributed by atoms with E-state index in [2.05, 4.69) is 50.4 Å². The van der Waals surface area contributed by atoms with Crippen LogP contribution in [0.4, 0.5) is 0 Å². The van der Waals surface area contributed by atoms with Crippen molar-refractivity contribution in [2.45, 2.75) is 0 Å². The minimum atomic E-state index is 0.490. The van der Waals surface area contributed by atoms with Gasteiger partial charge in [0.2, 0.25) is 11.8 Å². The number of thiophene rings is 1. The average molecular weight is 409 g/mol. The molecule has 0 atom stereocenters. The first-order chi connectivity index (χ1) is 12.3. The van der Waals surface area contributed by atoms with E-state index in [4.69, 9.17) is 4.42 Å². The zero-order chi connectivity index (χ0) is 17.1. The normalized spacial score (nSPS) is 11.2. The van der Waals surface area contributed by atoms with E-state index in [-0.39, 0.29) is 0 Å². The SMILES string of the molecule is Brc1cccc(-c2nnc(/C=C/c3ccc(-c4ccccc4)s3)o2)c1. The van der Waals surface area contributed by atoms with Crippen molar-refractivity contribution in [3.8, 4) is 21.9 Å². The third kappa shape index (κ3) is 3.78. The third-order valence-corrected chi connectivity index (χ3v) is 5.18. The lowest BCUT2D eigenvalue weighted by Gasteiger charge is -1.94. The fraction of sp³-hybridized carbons (Fsp3) is 0. The quantitative estimate of drug-likeness (QED) is 0.392. The molecule has 2 heterocycles. The second kappa shape index (κ2) is 7.17. The van der Waals surface area contributed by atoms with Gasteiger partial charge in [0, 0.05) is 25.9 Å². The van der Waals surface area contributed by atoms with Gasteiger partial charge in [-0.1, -0.05) is 52.3 Å². The number of rotatable bonds is 4. The number of nitrogens with zero attached hydrogens (tertiary/aromatic N) is 2. The van der Waals surface area contributed by atoms with Crippen molar-refractivity contribution in [2.75, 3.05) is 0 Å². The summed E-state index contributed by atoms with van der Waals surface area (Å²) in [5, 5.41) is 8.20. The Morgan fingerprint density at radius 2 is 1.68 bits per heavy atom. The number of hydrogen-bond donors (Lipinski definition) is 0. The van der Waals surface area contributed by atoms with Gasteiger partial charge in [-0.15, -0.1) is 21.5 Å². The molecule has 2 aromatic carbocycles. The first-order valence-corrected chi connectivity index (χ1v) is 9.32. The smallest absolute Gasteiger partial charge is 0.248 e. The Hall–Kier alpha value is -2.50. The maximum absolute atomic E-state index is 5.71. The van der Waals surface area contributed by atoms with Crippen LogP contribution < -0.4 is 0 Å². The molecule has 2 aromatic heterocycles. The van der Waals surface area contributed by atoms with E-state index >= 15 is 0 Å².